The summed E-state index contributed by atoms with van der Waals surface area (Å²) in [5, 5.41) is 3.40. The normalized spacial score (nSPS) is 19.9. The number of amides is 1. The number of carbonyl (C=O) groups is 1. The molecule has 0 aromatic rings. The van der Waals surface area contributed by atoms with Crippen molar-refractivity contribution >= 4 is 5.91 Å². The Morgan fingerprint density at radius 2 is 2.00 bits per heavy atom. The number of nitrogens with zero attached hydrogens (tertiary/aromatic N) is 2. The molecule has 1 rings (SSSR count). The molecule has 5 nitrogen and oxygen atoms in total. The average Bonchev–Trinajstić information content (AvgIpc) is 2.70. The number of methoxy groups -OCH3 is 1. The maximum Gasteiger partial charge on any atom is 0.239 e. The molecular weight excluding hydrogens is 254 g/mol. The van der Waals surface area contributed by atoms with Crippen molar-refractivity contribution in [2.75, 3.05) is 54.0 Å². The Hall–Kier alpha value is -0.650. The van der Waals surface area contributed by atoms with Crippen LogP contribution < -0.4 is 5.32 Å². The van der Waals surface area contributed by atoms with Crippen molar-refractivity contribution in [2.24, 2.45) is 0 Å². The zero-order chi connectivity index (χ0) is 14.8. The highest BCUT2D eigenvalue weighted by Crippen LogP contribution is 2.11. The molecule has 0 aromatic carbocycles. The molecule has 0 saturated carbocycles. The molecule has 0 aliphatic carbocycles. The highest BCUT2D eigenvalue weighted by molar-refractivity contribution is 5.81. The van der Waals surface area contributed by atoms with Crippen molar-refractivity contribution < 1.29 is 9.53 Å². The van der Waals surface area contributed by atoms with E-state index in [-0.39, 0.29) is 11.9 Å². The second kappa shape index (κ2) is 10.1. The van der Waals surface area contributed by atoms with Crippen LogP contribution in [0, 0.1) is 0 Å². The SMILES string of the molecule is COCCN(CCCN(C)C)C(=O)C1CCCCCN1. The van der Waals surface area contributed by atoms with Crippen LogP contribution in [0.1, 0.15) is 32.1 Å². The summed E-state index contributed by atoms with van der Waals surface area (Å²) in [5.74, 6) is 0.253. The van der Waals surface area contributed by atoms with Crippen LogP contribution in [-0.4, -0.2) is 75.7 Å². The van der Waals surface area contributed by atoms with Crippen molar-refractivity contribution in [2.45, 2.75) is 38.1 Å². The molecule has 1 aliphatic rings. The van der Waals surface area contributed by atoms with E-state index in [4.69, 9.17) is 4.74 Å². The summed E-state index contributed by atoms with van der Waals surface area (Å²) in [6.07, 6.45) is 5.54. The minimum atomic E-state index is 0.00807. The topological polar surface area (TPSA) is 44.8 Å². The molecule has 1 saturated heterocycles. The number of rotatable bonds is 8. The van der Waals surface area contributed by atoms with E-state index in [1.54, 1.807) is 7.11 Å². The van der Waals surface area contributed by atoms with Gasteiger partial charge in [0.15, 0.2) is 0 Å². The summed E-state index contributed by atoms with van der Waals surface area (Å²) in [5.41, 5.74) is 0. The van der Waals surface area contributed by atoms with E-state index in [1.165, 1.54) is 12.8 Å². The van der Waals surface area contributed by atoms with E-state index >= 15 is 0 Å². The molecule has 118 valence electrons. The van der Waals surface area contributed by atoms with Crippen LogP contribution in [0.5, 0.6) is 0 Å². The van der Waals surface area contributed by atoms with Gasteiger partial charge in [0.05, 0.1) is 12.6 Å². The van der Waals surface area contributed by atoms with E-state index in [2.05, 4.69) is 24.3 Å². The van der Waals surface area contributed by atoms with Gasteiger partial charge in [0, 0.05) is 20.2 Å². The van der Waals surface area contributed by atoms with Gasteiger partial charge in [0.25, 0.3) is 0 Å². The van der Waals surface area contributed by atoms with E-state index in [0.29, 0.717) is 13.2 Å². The lowest BCUT2D eigenvalue weighted by atomic mass is 10.1. The van der Waals surface area contributed by atoms with Crippen LogP contribution in [0.3, 0.4) is 0 Å². The lowest BCUT2D eigenvalue weighted by molar-refractivity contribution is -0.134. The Morgan fingerprint density at radius 3 is 2.70 bits per heavy atom. The third-order valence-corrected chi connectivity index (χ3v) is 3.77. The Kier molecular flexibility index (Phi) is 8.82. The van der Waals surface area contributed by atoms with Gasteiger partial charge in [0.2, 0.25) is 5.91 Å². The van der Waals surface area contributed by atoms with Gasteiger partial charge >= 0.3 is 0 Å². The predicted octanol–water partition coefficient (Wildman–Crippen LogP) is 0.945. The zero-order valence-electron chi connectivity index (χ0n) is 13.4. The predicted molar refractivity (Wildman–Crippen MR) is 81.9 cm³/mol. The zero-order valence-corrected chi connectivity index (χ0v) is 13.4. The van der Waals surface area contributed by atoms with Gasteiger partial charge in [-0.3, -0.25) is 4.79 Å². The fourth-order valence-corrected chi connectivity index (χ4v) is 2.57. The number of nitrogens with one attached hydrogen (secondary N) is 1. The molecule has 0 radical (unpaired) electrons. The first-order valence-electron chi connectivity index (χ1n) is 7.81. The quantitative estimate of drug-likeness (QED) is 0.721. The first-order valence-corrected chi connectivity index (χ1v) is 7.81. The van der Waals surface area contributed by atoms with Gasteiger partial charge < -0.3 is 19.9 Å². The molecule has 1 atom stereocenters. The van der Waals surface area contributed by atoms with E-state index < -0.39 is 0 Å². The molecule has 1 fully saturated rings. The smallest absolute Gasteiger partial charge is 0.239 e. The van der Waals surface area contributed by atoms with Gasteiger partial charge in [0.1, 0.15) is 0 Å². The first-order chi connectivity index (χ1) is 9.65. The summed E-state index contributed by atoms with van der Waals surface area (Å²) in [6, 6.07) is 0.00807. The molecule has 20 heavy (non-hydrogen) atoms. The molecule has 1 aliphatic heterocycles. The molecule has 0 spiro atoms. The van der Waals surface area contributed by atoms with Crippen LogP contribution in [0.25, 0.3) is 0 Å². The maximum atomic E-state index is 12.6. The molecule has 1 unspecified atom stereocenters. The van der Waals surface area contributed by atoms with Crippen molar-refractivity contribution in [3.8, 4) is 0 Å². The van der Waals surface area contributed by atoms with Gasteiger partial charge in [-0.05, 0) is 46.4 Å². The van der Waals surface area contributed by atoms with Crippen molar-refractivity contribution in [3.05, 3.63) is 0 Å². The third kappa shape index (κ3) is 6.68. The summed E-state index contributed by atoms with van der Waals surface area (Å²) in [4.78, 5) is 16.8. The van der Waals surface area contributed by atoms with Crippen LogP contribution in [0.2, 0.25) is 0 Å². The van der Waals surface area contributed by atoms with Crippen LogP contribution >= 0.6 is 0 Å². The minimum Gasteiger partial charge on any atom is -0.383 e. The molecule has 5 heteroatoms. The lowest BCUT2D eigenvalue weighted by Crippen LogP contribution is -2.47. The highest BCUT2D eigenvalue weighted by Gasteiger charge is 2.24. The molecule has 1 heterocycles. The van der Waals surface area contributed by atoms with Crippen molar-refractivity contribution in [1.29, 1.82) is 0 Å². The molecule has 0 bridgehead atoms. The number of hydrogen-bond donors (Lipinski definition) is 1. The fraction of sp³-hybridized carbons (Fsp3) is 0.933. The van der Waals surface area contributed by atoms with Gasteiger partial charge in [-0.1, -0.05) is 12.8 Å². The average molecular weight is 285 g/mol. The van der Waals surface area contributed by atoms with E-state index in [9.17, 15) is 4.79 Å². The summed E-state index contributed by atoms with van der Waals surface area (Å²) in [7, 11) is 5.81. The van der Waals surface area contributed by atoms with Crippen LogP contribution in [-0.2, 0) is 9.53 Å². The Morgan fingerprint density at radius 1 is 1.20 bits per heavy atom. The van der Waals surface area contributed by atoms with Gasteiger partial charge in [-0.25, -0.2) is 0 Å². The third-order valence-electron chi connectivity index (χ3n) is 3.77. The van der Waals surface area contributed by atoms with Crippen molar-refractivity contribution in [1.82, 2.24) is 15.1 Å². The van der Waals surface area contributed by atoms with E-state index in [0.717, 1.165) is 38.9 Å². The Labute approximate surface area is 123 Å². The number of ether oxygens (including phenoxy) is 1. The van der Waals surface area contributed by atoms with Gasteiger partial charge in [-0.2, -0.15) is 0 Å². The maximum absolute atomic E-state index is 12.6. The first kappa shape index (κ1) is 17.4. The Bertz CT molecular complexity index is 264. The van der Waals surface area contributed by atoms with Crippen LogP contribution in [0.15, 0.2) is 0 Å². The standard InChI is InChI=1S/C15H31N3O2/c1-17(2)10-7-11-18(12-13-20-3)15(19)14-8-5-4-6-9-16-14/h14,16H,4-13H2,1-3H3. The molecule has 1 N–H and O–H groups in total. The highest BCUT2D eigenvalue weighted by atomic mass is 16.5. The number of carbonyl (C=O) groups excluding carboxylic acids is 1. The summed E-state index contributed by atoms with van der Waals surface area (Å²) >= 11 is 0. The monoisotopic (exact) mass is 285 g/mol. The van der Waals surface area contributed by atoms with Crippen LogP contribution in [0.4, 0.5) is 0 Å². The summed E-state index contributed by atoms with van der Waals surface area (Å²) in [6.45, 7) is 4.10. The fourth-order valence-electron chi connectivity index (χ4n) is 2.57. The summed E-state index contributed by atoms with van der Waals surface area (Å²) < 4.78 is 5.14. The second-order valence-electron chi connectivity index (χ2n) is 5.83. The molecule has 1 amide bonds. The lowest BCUT2D eigenvalue weighted by Gasteiger charge is -2.27. The largest absolute Gasteiger partial charge is 0.383 e. The minimum absolute atomic E-state index is 0.00807. The number of hydrogen-bond acceptors (Lipinski definition) is 4. The molecule has 0 aromatic heterocycles. The van der Waals surface area contributed by atoms with Gasteiger partial charge in [-0.15, -0.1) is 0 Å². The van der Waals surface area contributed by atoms with Crippen molar-refractivity contribution in [3.63, 3.8) is 0 Å². The molecular formula is C15H31N3O2. The Balaban J connectivity index is 2.48. The van der Waals surface area contributed by atoms with E-state index in [1.807, 2.05) is 4.90 Å². The second-order valence-corrected chi connectivity index (χ2v) is 5.83.